The maximum Gasteiger partial charge on any atom is 0.220 e. The van der Waals surface area contributed by atoms with E-state index in [0.717, 1.165) is 77.0 Å². The second-order valence-corrected chi connectivity index (χ2v) is 20.7. The lowest BCUT2D eigenvalue weighted by molar-refractivity contribution is -0.379. The highest BCUT2D eigenvalue weighted by molar-refractivity contribution is 5.76. The molecule has 0 spiro atoms. The number of nitrogens with one attached hydrogen (secondary N) is 1. The van der Waals surface area contributed by atoms with E-state index in [1.54, 1.807) is 6.08 Å². The van der Waals surface area contributed by atoms with Gasteiger partial charge in [0.2, 0.25) is 5.91 Å². The van der Waals surface area contributed by atoms with Crippen molar-refractivity contribution in [2.45, 2.75) is 266 Å². The fourth-order valence-electron chi connectivity index (χ4n) is 9.43. The molecule has 0 aromatic carbocycles. The van der Waals surface area contributed by atoms with E-state index in [-0.39, 0.29) is 18.9 Å². The highest BCUT2D eigenvalue weighted by atomic mass is 16.8. The Morgan fingerprint density at radius 3 is 1.44 bits per heavy atom. The molecule has 3 aliphatic rings. The van der Waals surface area contributed by atoms with Crippen LogP contribution in [0.15, 0.2) is 72.9 Å². The molecule has 0 saturated carbocycles. The van der Waals surface area contributed by atoms with Crippen molar-refractivity contribution in [3.8, 4) is 0 Å². The fourth-order valence-corrected chi connectivity index (χ4v) is 9.43. The molecule has 17 atom stereocenters. The number of hydrogen-bond donors (Lipinski definition) is 12. The fraction of sp³-hybridized carbons (Fsp3) is 0.780. The van der Waals surface area contributed by atoms with E-state index in [1.165, 1.54) is 51.4 Å². The number of unbranched alkanes of at least 4 members (excludes halogenated alkanes) is 15. The Bertz CT molecular complexity index is 1710. The summed E-state index contributed by atoms with van der Waals surface area (Å²) in [6, 6.07) is -0.993. The first-order chi connectivity index (χ1) is 37.8. The lowest BCUT2D eigenvalue weighted by Gasteiger charge is -2.48. The van der Waals surface area contributed by atoms with Crippen LogP contribution in [0.25, 0.3) is 0 Å². The van der Waals surface area contributed by atoms with E-state index >= 15 is 0 Å². The summed E-state index contributed by atoms with van der Waals surface area (Å²) in [6.07, 6.45) is 21.9. The van der Waals surface area contributed by atoms with Gasteiger partial charge >= 0.3 is 0 Å². The standard InChI is InChI=1S/C59H101NO18/c1-3-5-7-9-11-13-15-16-17-18-19-20-21-22-23-24-25-26-27-29-31-33-35-37-47(65)60-42(43(64)36-34-32-30-28-14-12-10-8-6-4-2)41-73-57-53(71)50(68)55(45(39-62)75-57)78-59-54(72)51(69)56(46(40-63)76-59)77-58-52(70)49(67)48(66)44(38-61)74-58/h5,7,11,13-14,16-17,19-20,28,34,36,42-46,48-59,61-64,66-72H,3-4,6,8-10,12,15,18,21-27,29-33,35,37-41H2,1-2H3,(H,60,65)/b7-5-,13-11-,17-16-,20-19-,28-14+,36-34+. The molecule has 0 radical (unpaired) electrons. The Balaban J connectivity index is 1.47. The smallest absolute Gasteiger partial charge is 0.220 e. The molecule has 0 aromatic heterocycles. The van der Waals surface area contributed by atoms with E-state index < -0.39 is 124 Å². The number of ether oxygens (including phenoxy) is 6. The zero-order valence-electron chi connectivity index (χ0n) is 46.6. The van der Waals surface area contributed by atoms with E-state index in [2.05, 4.69) is 79.9 Å². The van der Waals surface area contributed by atoms with Crippen LogP contribution in [0, 0.1) is 0 Å². The van der Waals surface area contributed by atoms with Crippen LogP contribution in [-0.2, 0) is 33.2 Å². The molecule has 1 amide bonds. The molecule has 0 bridgehead atoms. The maximum atomic E-state index is 13.3. The molecule has 3 rings (SSSR count). The molecule has 19 nitrogen and oxygen atoms in total. The largest absolute Gasteiger partial charge is 0.394 e. The molecular weight excluding hydrogens is 1010 g/mol. The number of aliphatic hydroxyl groups excluding tert-OH is 11. The summed E-state index contributed by atoms with van der Waals surface area (Å²) in [7, 11) is 0. The summed E-state index contributed by atoms with van der Waals surface area (Å²) < 4.78 is 34.1. The van der Waals surface area contributed by atoms with Crippen molar-refractivity contribution >= 4 is 5.91 Å². The number of aliphatic hydroxyl groups is 11. The Kier molecular flexibility index (Phi) is 37.5. The molecular formula is C59H101NO18. The molecule has 3 saturated heterocycles. The Morgan fingerprint density at radius 1 is 0.474 bits per heavy atom. The Labute approximate surface area is 464 Å². The van der Waals surface area contributed by atoms with E-state index in [4.69, 9.17) is 28.4 Å². The van der Waals surface area contributed by atoms with E-state index in [1.807, 2.05) is 6.08 Å². The molecule has 3 fully saturated rings. The van der Waals surface area contributed by atoms with Crippen molar-refractivity contribution in [3.05, 3.63) is 72.9 Å². The monoisotopic (exact) mass is 1110 g/mol. The third kappa shape index (κ3) is 26.0. The molecule has 78 heavy (non-hydrogen) atoms. The number of carbonyl (C=O) groups is 1. The highest BCUT2D eigenvalue weighted by Gasteiger charge is 2.53. The minimum atomic E-state index is -1.98. The minimum absolute atomic E-state index is 0.226. The van der Waals surface area contributed by atoms with Gasteiger partial charge in [-0.05, 0) is 70.6 Å². The predicted octanol–water partition coefficient (Wildman–Crippen LogP) is 4.65. The third-order valence-electron chi connectivity index (χ3n) is 14.2. The van der Waals surface area contributed by atoms with Crippen LogP contribution in [0.3, 0.4) is 0 Å². The number of rotatable bonds is 41. The normalized spacial score (nSPS) is 31.0. The van der Waals surface area contributed by atoms with Gasteiger partial charge in [0, 0.05) is 6.42 Å². The molecule has 450 valence electrons. The van der Waals surface area contributed by atoms with Gasteiger partial charge < -0.3 is 89.9 Å². The predicted molar refractivity (Wildman–Crippen MR) is 295 cm³/mol. The third-order valence-corrected chi connectivity index (χ3v) is 14.2. The van der Waals surface area contributed by atoms with Gasteiger partial charge in [-0.25, -0.2) is 0 Å². The van der Waals surface area contributed by atoms with E-state index in [9.17, 15) is 61.0 Å². The molecule has 17 unspecified atom stereocenters. The second kappa shape index (κ2) is 42.1. The Morgan fingerprint density at radius 2 is 0.897 bits per heavy atom. The van der Waals surface area contributed by atoms with Gasteiger partial charge in [-0.2, -0.15) is 0 Å². The number of hydrogen-bond acceptors (Lipinski definition) is 18. The summed E-state index contributed by atoms with van der Waals surface area (Å²) in [6.45, 7) is 1.51. The van der Waals surface area contributed by atoms with Crippen molar-refractivity contribution in [2.75, 3.05) is 26.4 Å². The highest BCUT2D eigenvalue weighted by Crippen LogP contribution is 2.33. The number of carbonyl (C=O) groups excluding carboxylic acids is 1. The van der Waals surface area contributed by atoms with Crippen molar-refractivity contribution in [1.82, 2.24) is 5.32 Å². The summed E-state index contributed by atoms with van der Waals surface area (Å²) >= 11 is 0. The molecule has 12 N–H and O–H groups in total. The van der Waals surface area contributed by atoms with Crippen LogP contribution in [0.4, 0.5) is 0 Å². The van der Waals surface area contributed by atoms with Crippen molar-refractivity contribution in [3.63, 3.8) is 0 Å². The average molecular weight is 1110 g/mol. The SMILES string of the molecule is CC/C=C\C/C=C\C/C=C\C/C=C\CCCCCCCCCCCCC(=O)NC(COC1OC(CO)C(OC2OC(CO)C(OC3OC(CO)C(O)C(O)C3O)C(O)C2O)C(O)C1O)C(O)/C=C/CC/C=C/CCCCCC. The van der Waals surface area contributed by atoms with Crippen molar-refractivity contribution in [1.29, 1.82) is 0 Å². The van der Waals surface area contributed by atoms with Crippen molar-refractivity contribution in [2.24, 2.45) is 0 Å². The first-order valence-electron chi connectivity index (χ1n) is 29.2. The van der Waals surface area contributed by atoms with Gasteiger partial charge in [0.05, 0.1) is 38.6 Å². The van der Waals surface area contributed by atoms with Crippen LogP contribution >= 0.6 is 0 Å². The lowest BCUT2D eigenvalue weighted by Crippen LogP contribution is -2.66. The quantitative estimate of drug-likeness (QED) is 0.0293. The summed E-state index contributed by atoms with van der Waals surface area (Å²) in [5.74, 6) is -0.297. The van der Waals surface area contributed by atoms with Crippen LogP contribution < -0.4 is 5.32 Å². The zero-order valence-corrected chi connectivity index (χ0v) is 46.6. The van der Waals surface area contributed by atoms with Crippen LogP contribution in [0.5, 0.6) is 0 Å². The Hall–Kier alpha value is -2.77. The molecule has 0 aliphatic carbocycles. The first kappa shape index (κ1) is 69.5. The van der Waals surface area contributed by atoms with Gasteiger partial charge in [-0.3, -0.25) is 4.79 Å². The summed E-state index contributed by atoms with van der Waals surface area (Å²) in [5.41, 5.74) is 0. The molecule has 3 aliphatic heterocycles. The average Bonchev–Trinajstić information content (AvgIpc) is 3.49. The minimum Gasteiger partial charge on any atom is -0.394 e. The van der Waals surface area contributed by atoms with E-state index in [0.29, 0.717) is 12.8 Å². The van der Waals surface area contributed by atoms with Crippen LogP contribution in [-0.4, -0.2) is 193 Å². The van der Waals surface area contributed by atoms with Crippen molar-refractivity contribution < 1.29 is 89.4 Å². The van der Waals surface area contributed by atoms with Gasteiger partial charge in [0.15, 0.2) is 18.9 Å². The first-order valence-corrected chi connectivity index (χ1v) is 29.2. The number of amides is 1. The molecule has 19 heteroatoms. The molecule has 3 heterocycles. The van der Waals surface area contributed by atoms with Gasteiger partial charge in [0.25, 0.3) is 0 Å². The second-order valence-electron chi connectivity index (χ2n) is 20.7. The van der Waals surface area contributed by atoms with Gasteiger partial charge in [0.1, 0.15) is 73.2 Å². The van der Waals surface area contributed by atoms with Crippen LogP contribution in [0.2, 0.25) is 0 Å². The zero-order chi connectivity index (χ0) is 56.9. The summed E-state index contributed by atoms with van der Waals surface area (Å²) in [5, 5.41) is 120. The van der Waals surface area contributed by atoms with Gasteiger partial charge in [-0.15, -0.1) is 0 Å². The summed E-state index contributed by atoms with van der Waals surface area (Å²) in [4.78, 5) is 13.3. The topological polar surface area (TPSA) is 307 Å². The lowest BCUT2D eigenvalue weighted by atomic mass is 9.96. The van der Waals surface area contributed by atoms with Gasteiger partial charge in [-0.1, -0.05) is 157 Å². The maximum absolute atomic E-state index is 13.3. The van der Waals surface area contributed by atoms with Crippen LogP contribution in [0.1, 0.15) is 162 Å². The number of allylic oxidation sites excluding steroid dienone is 11. The molecule has 0 aromatic rings.